The van der Waals surface area contributed by atoms with Crippen LogP contribution in [0.2, 0.25) is 0 Å². The first-order valence-corrected chi connectivity index (χ1v) is 4.95. The van der Waals surface area contributed by atoms with E-state index in [0.29, 0.717) is 0 Å². The smallest absolute Gasteiger partial charge is 0.172 e. The number of aromatic hydroxyl groups is 1. The normalized spacial score (nSPS) is 10.3. The quantitative estimate of drug-likeness (QED) is 0.866. The van der Waals surface area contributed by atoms with E-state index in [2.05, 4.69) is 0 Å². The van der Waals surface area contributed by atoms with Gasteiger partial charge in [0.15, 0.2) is 23.1 Å². The van der Waals surface area contributed by atoms with Crippen LogP contribution in [0.1, 0.15) is 0 Å². The summed E-state index contributed by atoms with van der Waals surface area (Å²) in [6, 6.07) is 8.48. The van der Waals surface area contributed by atoms with Crippen LogP contribution >= 0.6 is 0 Å². The van der Waals surface area contributed by atoms with Crippen LogP contribution in [-0.2, 0) is 0 Å². The Labute approximate surface area is 97.1 Å². The third-order valence-corrected chi connectivity index (χ3v) is 2.45. The van der Waals surface area contributed by atoms with Crippen LogP contribution in [0.5, 0.6) is 11.5 Å². The minimum atomic E-state index is -0.848. The number of rotatable bonds is 2. The SMILES string of the molecule is COc1cccc(-c2cccc(O)c2F)c1F. The maximum Gasteiger partial charge on any atom is 0.172 e. The van der Waals surface area contributed by atoms with Crippen LogP contribution < -0.4 is 4.74 Å². The number of phenols is 1. The predicted molar refractivity (Wildman–Crippen MR) is 60.0 cm³/mol. The maximum atomic E-state index is 13.9. The molecule has 0 spiro atoms. The fraction of sp³-hybridized carbons (Fsp3) is 0.0769. The van der Waals surface area contributed by atoms with Gasteiger partial charge in [0.1, 0.15) is 0 Å². The highest BCUT2D eigenvalue weighted by Gasteiger charge is 2.15. The minimum absolute atomic E-state index is 0.00130. The lowest BCUT2D eigenvalue weighted by atomic mass is 10.0. The summed E-state index contributed by atoms with van der Waals surface area (Å²) in [4.78, 5) is 0. The topological polar surface area (TPSA) is 29.5 Å². The van der Waals surface area contributed by atoms with Gasteiger partial charge in [-0.3, -0.25) is 0 Å². The van der Waals surface area contributed by atoms with E-state index < -0.39 is 17.4 Å². The van der Waals surface area contributed by atoms with Gasteiger partial charge in [0.25, 0.3) is 0 Å². The lowest BCUT2D eigenvalue weighted by Gasteiger charge is -2.08. The molecule has 0 fully saturated rings. The molecule has 0 heterocycles. The number of halogens is 2. The summed E-state index contributed by atoms with van der Waals surface area (Å²) in [6.45, 7) is 0. The van der Waals surface area contributed by atoms with Gasteiger partial charge in [0.05, 0.1) is 7.11 Å². The van der Waals surface area contributed by atoms with Crippen LogP contribution in [0.3, 0.4) is 0 Å². The van der Waals surface area contributed by atoms with E-state index in [1.807, 2.05) is 0 Å². The molecule has 0 aromatic heterocycles. The standard InChI is InChI=1S/C13H10F2O2/c1-17-11-7-3-5-9(13(11)15)8-4-2-6-10(16)12(8)14/h2-7,16H,1H3. The summed E-state index contributed by atoms with van der Waals surface area (Å²) in [5.41, 5.74) is 0.0548. The van der Waals surface area contributed by atoms with Crippen molar-refractivity contribution in [1.29, 1.82) is 0 Å². The van der Waals surface area contributed by atoms with Crippen molar-refractivity contribution in [3.63, 3.8) is 0 Å². The average Bonchev–Trinajstić information content (AvgIpc) is 2.33. The number of hydrogen-bond donors (Lipinski definition) is 1. The van der Waals surface area contributed by atoms with Gasteiger partial charge in [-0.15, -0.1) is 0 Å². The molecule has 0 radical (unpaired) electrons. The van der Waals surface area contributed by atoms with Crippen molar-refractivity contribution < 1.29 is 18.6 Å². The van der Waals surface area contributed by atoms with Gasteiger partial charge in [-0.05, 0) is 12.1 Å². The van der Waals surface area contributed by atoms with Gasteiger partial charge in [-0.1, -0.05) is 24.3 Å². The molecule has 0 bridgehead atoms. The van der Waals surface area contributed by atoms with E-state index in [4.69, 9.17) is 4.74 Å². The largest absolute Gasteiger partial charge is 0.505 e. The number of methoxy groups -OCH3 is 1. The lowest BCUT2D eigenvalue weighted by molar-refractivity contribution is 0.387. The molecule has 0 aliphatic carbocycles. The molecule has 2 aromatic carbocycles. The fourth-order valence-electron chi connectivity index (χ4n) is 1.60. The van der Waals surface area contributed by atoms with Crippen molar-refractivity contribution in [3.05, 3.63) is 48.0 Å². The van der Waals surface area contributed by atoms with Crippen LogP contribution in [0.15, 0.2) is 36.4 Å². The first-order valence-electron chi connectivity index (χ1n) is 4.95. The molecule has 1 N–H and O–H groups in total. The second-order valence-corrected chi connectivity index (χ2v) is 3.46. The van der Waals surface area contributed by atoms with Crippen LogP contribution in [0.4, 0.5) is 8.78 Å². The van der Waals surface area contributed by atoms with Crippen molar-refractivity contribution in [3.8, 4) is 22.6 Å². The molecular weight excluding hydrogens is 226 g/mol. The second-order valence-electron chi connectivity index (χ2n) is 3.46. The summed E-state index contributed by atoms with van der Waals surface area (Å²) < 4.78 is 32.4. The van der Waals surface area contributed by atoms with E-state index in [-0.39, 0.29) is 16.9 Å². The molecule has 0 atom stereocenters. The van der Waals surface area contributed by atoms with Gasteiger partial charge < -0.3 is 9.84 Å². The highest BCUT2D eigenvalue weighted by atomic mass is 19.1. The third-order valence-electron chi connectivity index (χ3n) is 2.45. The molecule has 0 aliphatic rings. The number of ether oxygens (including phenoxy) is 1. The first-order chi connectivity index (χ1) is 8.15. The van der Waals surface area contributed by atoms with E-state index in [1.54, 1.807) is 6.07 Å². The molecular formula is C13H10F2O2. The lowest BCUT2D eigenvalue weighted by Crippen LogP contribution is -1.93. The monoisotopic (exact) mass is 236 g/mol. The Hall–Kier alpha value is -2.10. The van der Waals surface area contributed by atoms with E-state index >= 15 is 0 Å². The van der Waals surface area contributed by atoms with Crippen LogP contribution in [0.25, 0.3) is 11.1 Å². The Morgan fingerprint density at radius 2 is 1.53 bits per heavy atom. The fourth-order valence-corrected chi connectivity index (χ4v) is 1.60. The van der Waals surface area contributed by atoms with Gasteiger partial charge in [0.2, 0.25) is 0 Å². The Kier molecular flexibility index (Phi) is 2.95. The second kappa shape index (κ2) is 4.41. The van der Waals surface area contributed by atoms with Crippen molar-refractivity contribution in [2.75, 3.05) is 7.11 Å². The van der Waals surface area contributed by atoms with Gasteiger partial charge in [-0.2, -0.15) is 0 Å². The third kappa shape index (κ3) is 1.93. The van der Waals surface area contributed by atoms with Crippen molar-refractivity contribution in [2.45, 2.75) is 0 Å². The number of phenolic OH excluding ortho intramolecular Hbond substituents is 1. The highest BCUT2D eigenvalue weighted by molar-refractivity contribution is 5.68. The van der Waals surface area contributed by atoms with Crippen molar-refractivity contribution >= 4 is 0 Å². The predicted octanol–water partition coefficient (Wildman–Crippen LogP) is 3.35. The zero-order chi connectivity index (χ0) is 12.4. The van der Waals surface area contributed by atoms with E-state index in [9.17, 15) is 13.9 Å². The molecule has 0 saturated carbocycles. The molecule has 2 aromatic rings. The molecule has 0 saturated heterocycles. The van der Waals surface area contributed by atoms with Crippen molar-refractivity contribution in [1.82, 2.24) is 0 Å². The molecule has 88 valence electrons. The molecule has 4 heteroatoms. The molecule has 0 unspecified atom stereocenters. The number of hydrogen-bond acceptors (Lipinski definition) is 2. The average molecular weight is 236 g/mol. The van der Waals surface area contributed by atoms with Crippen LogP contribution in [0, 0.1) is 11.6 Å². The summed E-state index contributed by atoms with van der Waals surface area (Å²) in [5.74, 6) is -1.98. The Morgan fingerprint density at radius 3 is 2.18 bits per heavy atom. The Morgan fingerprint density at radius 1 is 0.941 bits per heavy atom. The molecule has 2 rings (SSSR count). The summed E-state index contributed by atoms with van der Waals surface area (Å²) in [7, 11) is 1.33. The van der Waals surface area contributed by atoms with Crippen LogP contribution in [-0.4, -0.2) is 12.2 Å². The minimum Gasteiger partial charge on any atom is -0.505 e. The molecule has 2 nitrogen and oxygen atoms in total. The first kappa shape index (κ1) is 11.4. The zero-order valence-corrected chi connectivity index (χ0v) is 9.08. The molecule has 17 heavy (non-hydrogen) atoms. The summed E-state index contributed by atoms with van der Waals surface area (Å²) >= 11 is 0. The highest BCUT2D eigenvalue weighted by Crippen LogP contribution is 2.33. The summed E-state index contributed by atoms with van der Waals surface area (Å²) in [6.07, 6.45) is 0. The summed E-state index contributed by atoms with van der Waals surface area (Å²) in [5, 5.41) is 9.25. The molecule has 0 aliphatic heterocycles. The maximum absolute atomic E-state index is 13.9. The van der Waals surface area contributed by atoms with E-state index in [1.165, 1.54) is 37.4 Å². The van der Waals surface area contributed by atoms with E-state index in [0.717, 1.165) is 0 Å². The van der Waals surface area contributed by atoms with Gasteiger partial charge in [-0.25, -0.2) is 8.78 Å². The zero-order valence-electron chi connectivity index (χ0n) is 9.08. The Balaban J connectivity index is 2.65. The van der Waals surface area contributed by atoms with Gasteiger partial charge >= 0.3 is 0 Å². The Bertz CT molecular complexity index is 553. The number of benzene rings is 2. The van der Waals surface area contributed by atoms with Crippen molar-refractivity contribution in [2.24, 2.45) is 0 Å². The van der Waals surface area contributed by atoms with Gasteiger partial charge in [0, 0.05) is 11.1 Å². The molecule has 0 amide bonds.